The third-order valence-electron chi connectivity index (χ3n) is 3.56. The van der Waals surface area contributed by atoms with E-state index >= 15 is 0 Å². The fourth-order valence-electron chi connectivity index (χ4n) is 2.65. The highest BCUT2D eigenvalue weighted by Crippen LogP contribution is 2.34. The first-order valence-corrected chi connectivity index (χ1v) is 7.10. The molecule has 0 saturated heterocycles. The summed E-state index contributed by atoms with van der Waals surface area (Å²) in [5.74, 6) is -2.14. The molecule has 0 amide bonds. The molecule has 0 bridgehead atoms. The molecule has 0 radical (unpaired) electrons. The van der Waals surface area contributed by atoms with Gasteiger partial charge in [-0.2, -0.15) is 0 Å². The first-order valence-electron chi connectivity index (χ1n) is 7.10. The van der Waals surface area contributed by atoms with Gasteiger partial charge in [0, 0.05) is 17.1 Å². The second kappa shape index (κ2) is 6.12. The molecule has 3 aromatic rings. The lowest BCUT2D eigenvalue weighted by atomic mass is 10.0. The van der Waals surface area contributed by atoms with Gasteiger partial charge in [-0.15, -0.1) is 13.2 Å². The van der Waals surface area contributed by atoms with Crippen molar-refractivity contribution >= 4 is 16.9 Å². The van der Waals surface area contributed by atoms with Crippen molar-refractivity contribution < 1.29 is 32.2 Å². The summed E-state index contributed by atoms with van der Waals surface area (Å²) in [4.78, 5) is 13.8. The number of hydrogen-bond donors (Lipinski definition) is 2. The van der Waals surface area contributed by atoms with Gasteiger partial charge in [-0.1, -0.05) is 12.1 Å². The van der Waals surface area contributed by atoms with Crippen molar-refractivity contribution in [1.29, 1.82) is 0 Å². The van der Waals surface area contributed by atoms with Gasteiger partial charge in [0.25, 0.3) is 0 Å². The summed E-state index contributed by atoms with van der Waals surface area (Å²) < 4.78 is 55.0. The zero-order valence-corrected chi connectivity index (χ0v) is 12.5. The maximum Gasteiger partial charge on any atom is 0.573 e. The number of ether oxygens (including phenoxy) is 1. The van der Waals surface area contributed by atoms with Crippen LogP contribution < -0.4 is 4.74 Å². The van der Waals surface area contributed by atoms with Crippen molar-refractivity contribution in [2.45, 2.75) is 12.8 Å². The lowest BCUT2D eigenvalue weighted by Gasteiger charge is -2.11. The van der Waals surface area contributed by atoms with E-state index in [4.69, 9.17) is 5.11 Å². The predicted molar refractivity (Wildman–Crippen MR) is 81.7 cm³/mol. The van der Waals surface area contributed by atoms with Gasteiger partial charge in [-0.3, -0.25) is 4.79 Å². The molecule has 0 aliphatic heterocycles. The average Bonchev–Trinajstić information content (AvgIpc) is 2.87. The van der Waals surface area contributed by atoms with E-state index in [9.17, 15) is 22.4 Å². The zero-order valence-electron chi connectivity index (χ0n) is 12.5. The Kier molecular flexibility index (Phi) is 4.12. The van der Waals surface area contributed by atoms with E-state index in [0.717, 1.165) is 18.2 Å². The summed E-state index contributed by atoms with van der Waals surface area (Å²) in [5, 5.41) is 9.27. The lowest BCUT2D eigenvalue weighted by molar-refractivity contribution is -0.274. The van der Waals surface area contributed by atoms with Crippen LogP contribution in [-0.4, -0.2) is 22.4 Å². The second-order valence-corrected chi connectivity index (χ2v) is 5.34. The summed E-state index contributed by atoms with van der Waals surface area (Å²) in [6.45, 7) is 0. The van der Waals surface area contributed by atoms with E-state index in [-0.39, 0.29) is 6.42 Å². The van der Waals surface area contributed by atoms with Gasteiger partial charge < -0.3 is 14.8 Å². The van der Waals surface area contributed by atoms with E-state index in [0.29, 0.717) is 27.6 Å². The molecule has 0 spiro atoms. The molecule has 0 unspecified atom stereocenters. The number of halogens is 4. The van der Waals surface area contributed by atoms with E-state index in [1.807, 2.05) is 0 Å². The molecule has 1 heterocycles. The van der Waals surface area contributed by atoms with Crippen LogP contribution in [0.1, 0.15) is 5.56 Å². The first kappa shape index (κ1) is 16.8. The number of carboxylic acid groups (broad SMARTS) is 1. The minimum Gasteiger partial charge on any atom is -0.481 e. The molecule has 1 aromatic heterocycles. The smallest absolute Gasteiger partial charge is 0.481 e. The number of aliphatic carboxylic acids is 1. The highest BCUT2D eigenvalue weighted by atomic mass is 19.4. The third kappa shape index (κ3) is 3.73. The first-order chi connectivity index (χ1) is 11.7. The van der Waals surface area contributed by atoms with E-state index in [2.05, 4.69) is 9.72 Å². The Bertz CT molecular complexity index is 947. The fraction of sp³-hybridized carbons (Fsp3) is 0.118. The van der Waals surface area contributed by atoms with Crippen LogP contribution in [0.4, 0.5) is 17.6 Å². The van der Waals surface area contributed by atoms with Crippen molar-refractivity contribution in [3.05, 3.63) is 54.0 Å². The molecule has 4 nitrogen and oxygen atoms in total. The number of hydrogen-bond acceptors (Lipinski definition) is 2. The van der Waals surface area contributed by atoms with Crippen molar-refractivity contribution in [3.8, 4) is 16.9 Å². The third-order valence-corrected chi connectivity index (χ3v) is 3.56. The SMILES string of the molecule is O=C(O)Cc1c[nH]c2c(-c3cccc(OC(F)(F)F)c3)cc(F)cc12. The number of rotatable bonds is 4. The monoisotopic (exact) mass is 353 g/mol. The Hall–Kier alpha value is -3.03. The molecular formula is C17H11F4NO3. The van der Waals surface area contributed by atoms with Gasteiger partial charge in [0.1, 0.15) is 11.6 Å². The normalized spacial score (nSPS) is 11.7. The van der Waals surface area contributed by atoms with Gasteiger partial charge in [-0.05, 0) is 35.4 Å². The van der Waals surface area contributed by atoms with Crippen LogP contribution in [0, 0.1) is 5.82 Å². The summed E-state index contributed by atoms with van der Waals surface area (Å²) in [6.07, 6.45) is -3.70. The summed E-state index contributed by atoms with van der Waals surface area (Å²) in [6, 6.07) is 7.49. The number of nitrogens with one attached hydrogen (secondary N) is 1. The number of alkyl halides is 3. The Labute approximate surface area is 138 Å². The number of benzene rings is 2. The van der Waals surface area contributed by atoms with Crippen molar-refractivity contribution in [2.75, 3.05) is 0 Å². The average molecular weight is 353 g/mol. The number of carbonyl (C=O) groups is 1. The Morgan fingerprint density at radius 1 is 1.20 bits per heavy atom. The van der Waals surface area contributed by atoms with Crippen LogP contribution in [0.25, 0.3) is 22.0 Å². The van der Waals surface area contributed by atoms with Crippen LogP contribution in [0.5, 0.6) is 5.75 Å². The Morgan fingerprint density at radius 2 is 1.96 bits per heavy atom. The fourth-order valence-corrected chi connectivity index (χ4v) is 2.65. The molecule has 130 valence electrons. The molecule has 0 atom stereocenters. The summed E-state index contributed by atoms with van der Waals surface area (Å²) in [7, 11) is 0. The number of aromatic nitrogens is 1. The van der Waals surface area contributed by atoms with Gasteiger partial charge in [0.2, 0.25) is 0 Å². The molecule has 2 aromatic carbocycles. The van der Waals surface area contributed by atoms with Crippen molar-refractivity contribution in [1.82, 2.24) is 4.98 Å². The number of fused-ring (bicyclic) bond motifs is 1. The lowest BCUT2D eigenvalue weighted by Crippen LogP contribution is -2.17. The van der Waals surface area contributed by atoms with Crippen molar-refractivity contribution in [3.63, 3.8) is 0 Å². The molecule has 0 aliphatic carbocycles. The molecule has 0 saturated carbocycles. The van der Waals surface area contributed by atoms with Crippen LogP contribution in [0.2, 0.25) is 0 Å². The molecular weight excluding hydrogens is 342 g/mol. The second-order valence-electron chi connectivity index (χ2n) is 5.34. The quantitative estimate of drug-likeness (QED) is 0.679. The van der Waals surface area contributed by atoms with Gasteiger partial charge in [0.15, 0.2) is 0 Å². The molecule has 25 heavy (non-hydrogen) atoms. The molecule has 2 N–H and O–H groups in total. The van der Waals surface area contributed by atoms with Gasteiger partial charge in [0.05, 0.1) is 11.9 Å². The molecule has 0 fully saturated rings. The summed E-state index contributed by atoms with van der Waals surface area (Å²) >= 11 is 0. The highest BCUT2D eigenvalue weighted by Gasteiger charge is 2.31. The maximum absolute atomic E-state index is 14.0. The minimum absolute atomic E-state index is 0.301. The van der Waals surface area contributed by atoms with Crippen molar-refractivity contribution in [2.24, 2.45) is 0 Å². The maximum atomic E-state index is 14.0. The topological polar surface area (TPSA) is 62.3 Å². The predicted octanol–water partition coefficient (Wildman–Crippen LogP) is 4.50. The Balaban J connectivity index is 2.11. The zero-order chi connectivity index (χ0) is 18.2. The number of H-pyrrole nitrogens is 1. The van der Waals surface area contributed by atoms with Crippen LogP contribution in [-0.2, 0) is 11.2 Å². The highest BCUT2D eigenvalue weighted by molar-refractivity contribution is 5.97. The van der Waals surface area contributed by atoms with Crippen LogP contribution >= 0.6 is 0 Å². The Morgan fingerprint density at radius 3 is 2.64 bits per heavy atom. The molecule has 0 aliphatic rings. The molecule has 8 heteroatoms. The summed E-state index contributed by atoms with van der Waals surface area (Å²) in [5.41, 5.74) is 1.42. The van der Waals surface area contributed by atoms with E-state index < -0.39 is 23.9 Å². The van der Waals surface area contributed by atoms with Crippen LogP contribution in [0.3, 0.4) is 0 Å². The largest absolute Gasteiger partial charge is 0.573 e. The minimum atomic E-state index is -4.84. The number of carboxylic acids is 1. The molecule has 3 rings (SSSR count). The van der Waals surface area contributed by atoms with Gasteiger partial charge >= 0.3 is 12.3 Å². The van der Waals surface area contributed by atoms with Gasteiger partial charge in [-0.25, -0.2) is 4.39 Å². The standard InChI is InChI=1S/C17H11F4NO3/c18-11-6-13(9-2-1-3-12(4-9)25-17(19,20)21)16-14(7-11)10(8-22-16)5-15(23)24/h1-4,6-8,22H,5H2,(H,23,24). The van der Waals surface area contributed by atoms with Crippen LogP contribution in [0.15, 0.2) is 42.6 Å². The van der Waals surface area contributed by atoms with E-state index in [1.165, 1.54) is 24.4 Å². The number of aromatic amines is 1. The van der Waals surface area contributed by atoms with E-state index in [1.54, 1.807) is 0 Å².